The van der Waals surface area contributed by atoms with Crippen LogP contribution in [0.25, 0.3) is 0 Å². The Labute approximate surface area is 168 Å². The summed E-state index contributed by atoms with van der Waals surface area (Å²) in [5, 5.41) is 2.16. The quantitative estimate of drug-likeness (QED) is 0.665. The summed E-state index contributed by atoms with van der Waals surface area (Å²) in [5.74, 6) is 0.425. The number of nitrogens with zero attached hydrogens (tertiary/aromatic N) is 1. The maximum absolute atomic E-state index is 6.31. The Balaban J connectivity index is 1.31. The highest BCUT2D eigenvalue weighted by Gasteiger charge is 2.56. The molecule has 156 valence electrons. The fraction of sp³-hybridized carbons (Fsp3) is 0.727. The summed E-state index contributed by atoms with van der Waals surface area (Å²) in [6, 6.07) is 8.25. The van der Waals surface area contributed by atoms with Crippen LogP contribution in [0, 0.1) is 0 Å². The summed E-state index contributed by atoms with van der Waals surface area (Å²) < 4.78 is 22.9. The van der Waals surface area contributed by atoms with Gasteiger partial charge in [0, 0.05) is 23.9 Å². The van der Waals surface area contributed by atoms with Crippen molar-refractivity contribution in [1.82, 2.24) is 5.06 Å². The molecule has 3 aliphatic rings. The molecular weight excluding hydrogens is 358 g/mol. The maximum Gasteiger partial charge on any atom is 0.172 e. The summed E-state index contributed by atoms with van der Waals surface area (Å²) in [5.41, 5.74) is 0.894. The molecule has 0 aliphatic carbocycles. The molecule has 1 atom stereocenters. The number of hydrogen-bond acceptors (Lipinski definition) is 6. The van der Waals surface area contributed by atoms with Crippen LogP contribution in [0.15, 0.2) is 24.3 Å². The average Bonchev–Trinajstić information content (AvgIpc) is 3.35. The molecule has 0 aromatic heterocycles. The standard InChI is InChI=1S/C22H33NO5/c1-20(2)15-22(26-11-12-27-22)16-21(3,4)23(20)28-10-9-17-5-7-18(8-6-17)24-13-19-14-25-19/h5-8,19H,9-16H2,1-4H3. The Kier molecular flexibility index (Phi) is 5.44. The molecular formula is C22H33NO5. The van der Waals surface area contributed by atoms with Crippen molar-refractivity contribution in [3.63, 3.8) is 0 Å². The van der Waals surface area contributed by atoms with Crippen molar-refractivity contribution in [3.8, 4) is 5.75 Å². The first kappa shape index (κ1) is 20.1. The van der Waals surface area contributed by atoms with Crippen molar-refractivity contribution in [1.29, 1.82) is 0 Å². The molecule has 4 rings (SSSR count). The van der Waals surface area contributed by atoms with Gasteiger partial charge in [0.15, 0.2) is 5.79 Å². The van der Waals surface area contributed by atoms with Gasteiger partial charge in [-0.2, -0.15) is 5.06 Å². The molecule has 0 radical (unpaired) electrons. The summed E-state index contributed by atoms with van der Waals surface area (Å²) in [6.45, 7) is 12.3. The monoisotopic (exact) mass is 391 g/mol. The third kappa shape index (κ3) is 4.52. The molecule has 1 unspecified atom stereocenters. The van der Waals surface area contributed by atoms with E-state index in [4.69, 9.17) is 23.8 Å². The first-order chi connectivity index (χ1) is 13.3. The van der Waals surface area contributed by atoms with Crippen LogP contribution >= 0.6 is 0 Å². The van der Waals surface area contributed by atoms with Crippen LogP contribution in [0.5, 0.6) is 5.75 Å². The lowest BCUT2D eigenvalue weighted by Gasteiger charge is -2.56. The highest BCUT2D eigenvalue weighted by atomic mass is 16.7. The Morgan fingerprint density at radius 3 is 2.18 bits per heavy atom. The van der Waals surface area contributed by atoms with Crippen LogP contribution < -0.4 is 4.74 Å². The Morgan fingerprint density at radius 2 is 1.61 bits per heavy atom. The molecule has 3 saturated heterocycles. The van der Waals surface area contributed by atoms with Crippen LogP contribution in [-0.2, 0) is 25.5 Å². The number of rotatable bonds is 7. The summed E-state index contributed by atoms with van der Waals surface area (Å²) in [7, 11) is 0. The number of benzene rings is 1. The van der Waals surface area contributed by atoms with Crippen LogP contribution in [-0.4, -0.2) is 61.1 Å². The van der Waals surface area contributed by atoms with Crippen molar-refractivity contribution < 1.29 is 23.8 Å². The van der Waals surface area contributed by atoms with Crippen LogP contribution in [0.1, 0.15) is 46.1 Å². The second-order valence-corrected chi connectivity index (χ2v) is 9.37. The SMILES string of the molecule is CC1(C)CC2(CC(C)(C)N1OCCc1ccc(OCC3CO3)cc1)OCCO2. The van der Waals surface area contributed by atoms with Gasteiger partial charge in [-0.05, 0) is 51.8 Å². The molecule has 3 heterocycles. The minimum Gasteiger partial charge on any atom is -0.491 e. The fourth-order valence-corrected chi connectivity index (χ4v) is 4.75. The predicted octanol–water partition coefficient (Wildman–Crippen LogP) is 3.33. The second-order valence-electron chi connectivity index (χ2n) is 9.37. The zero-order chi connectivity index (χ0) is 19.8. The van der Waals surface area contributed by atoms with Gasteiger partial charge in [-0.1, -0.05) is 12.1 Å². The van der Waals surface area contributed by atoms with Gasteiger partial charge in [-0.3, -0.25) is 4.84 Å². The van der Waals surface area contributed by atoms with Crippen molar-refractivity contribution in [2.75, 3.05) is 33.0 Å². The second kappa shape index (κ2) is 7.58. The lowest BCUT2D eigenvalue weighted by atomic mass is 9.78. The number of hydroxylamine groups is 2. The van der Waals surface area contributed by atoms with Gasteiger partial charge in [0.05, 0.1) is 26.4 Å². The Hall–Kier alpha value is -1.18. The molecule has 0 saturated carbocycles. The van der Waals surface area contributed by atoms with E-state index in [9.17, 15) is 0 Å². The van der Waals surface area contributed by atoms with E-state index in [0.717, 1.165) is 31.6 Å². The van der Waals surface area contributed by atoms with Crippen LogP contribution in [0.2, 0.25) is 0 Å². The van der Waals surface area contributed by atoms with Gasteiger partial charge in [-0.15, -0.1) is 0 Å². The van der Waals surface area contributed by atoms with E-state index < -0.39 is 5.79 Å². The Bertz CT molecular complexity index is 642. The van der Waals surface area contributed by atoms with Crippen molar-refractivity contribution in [3.05, 3.63) is 29.8 Å². The molecule has 6 heteroatoms. The molecule has 1 spiro atoms. The van der Waals surface area contributed by atoms with Crippen molar-refractivity contribution >= 4 is 0 Å². The fourth-order valence-electron chi connectivity index (χ4n) is 4.75. The highest BCUT2D eigenvalue weighted by Crippen LogP contribution is 2.47. The van der Waals surface area contributed by atoms with E-state index in [1.807, 2.05) is 12.1 Å². The number of epoxide rings is 1. The normalized spacial score (nSPS) is 27.8. The largest absolute Gasteiger partial charge is 0.491 e. The molecule has 0 amide bonds. The van der Waals surface area contributed by atoms with E-state index in [1.54, 1.807) is 0 Å². The number of piperidine rings is 1. The molecule has 6 nitrogen and oxygen atoms in total. The maximum atomic E-state index is 6.31. The third-order valence-corrected chi connectivity index (χ3v) is 5.69. The van der Waals surface area contributed by atoms with E-state index in [-0.39, 0.29) is 17.2 Å². The molecule has 1 aromatic rings. The molecule has 3 aliphatic heterocycles. The smallest absolute Gasteiger partial charge is 0.172 e. The minimum atomic E-state index is -0.464. The van der Waals surface area contributed by atoms with E-state index in [1.165, 1.54) is 5.56 Å². The van der Waals surface area contributed by atoms with Gasteiger partial charge in [0.2, 0.25) is 0 Å². The van der Waals surface area contributed by atoms with Crippen LogP contribution in [0.3, 0.4) is 0 Å². The lowest BCUT2D eigenvalue weighted by Crippen LogP contribution is -2.65. The third-order valence-electron chi connectivity index (χ3n) is 5.69. The van der Waals surface area contributed by atoms with Gasteiger partial charge in [0.1, 0.15) is 18.5 Å². The highest BCUT2D eigenvalue weighted by molar-refractivity contribution is 5.27. The van der Waals surface area contributed by atoms with Gasteiger partial charge in [0.25, 0.3) is 0 Å². The average molecular weight is 392 g/mol. The van der Waals surface area contributed by atoms with Crippen LogP contribution in [0.4, 0.5) is 0 Å². The predicted molar refractivity (Wildman–Crippen MR) is 105 cm³/mol. The first-order valence-corrected chi connectivity index (χ1v) is 10.3. The van der Waals surface area contributed by atoms with E-state index >= 15 is 0 Å². The summed E-state index contributed by atoms with van der Waals surface area (Å²) in [4.78, 5) is 6.31. The zero-order valence-electron chi connectivity index (χ0n) is 17.5. The molecule has 28 heavy (non-hydrogen) atoms. The number of ether oxygens (including phenoxy) is 4. The van der Waals surface area contributed by atoms with Gasteiger partial charge >= 0.3 is 0 Å². The lowest BCUT2D eigenvalue weighted by molar-refractivity contribution is -0.335. The zero-order valence-corrected chi connectivity index (χ0v) is 17.5. The van der Waals surface area contributed by atoms with E-state index in [0.29, 0.717) is 26.4 Å². The first-order valence-electron chi connectivity index (χ1n) is 10.3. The molecule has 1 aromatic carbocycles. The Morgan fingerprint density at radius 1 is 1.00 bits per heavy atom. The minimum absolute atomic E-state index is 0.172. The summed E-state index contributed by atoms with van der Waals surface area (Å²) >= 11 is 0. The van der Waals surface area contributed by atoms with E-state index in [2.05, 4.69) is 44.9 Å². The number of hydrogen-bond donors (Lipinski definition) is 0. The van der Waals surface area contributed by atoms with Gasteiger partial charge in [-0.25, -0.2) is 0 Å². The van der Waals surface area contributed by atoms with Crippen molar-refractivity contribution in [2.45, 2.75) is 69.9 Å². The van der Waals surface area contributed by atoms with Gasteiger partial charge < -0.3 is 18.9 Å². The molecule has 3 fully saturated rings. The molecule has 0 N–H and O–H groups in total. The summed E-state index contributed by atoms with van der Waals surface area (Å²) in [6.07, 6.45) is 2.75. The topological polar surface area (TPSA) is 52.7 Å². The van der Waals surface area contributed by atoms with Crippen molar-refractivity contribution in [2.24, 2.45) is 0 Å². The molecule has 0 bridgehead atoms.